The highest BCUT2D eigenvalue weighted by Gasteiger charge is 2.24. The fourth-order valence-corrected chi connectivity index (χ4v) is 1.18. The van der Waals surface area contributed by atoms with Crippen molar-refractivity contribution >= 4 is 18.2 Å². The molecule has 8 heteroatoms. The molecule has 136 valence electrons. The molecule has 0 spiro atoms. The van der Waals surface area contributed by atoms with Crippen molar-refractivity contribution in [2.75, 3.05) is 6.61 Å². The van der Waals surface area contributed by atoms with Crippen molar-refractivity contribution in [2.24, 2.45) is 0 Å². The number of nitrogens with one attached hydrogen (secondary N) is 1. The van der Waals surface area contributed by atoms with Crippen LogP contribution in [0.2, 0.25) is 0 Å². The van der Waals surface area contributed by atoms with E-state index in [4.69, 9.17) is 14.2 Å². The largest absolute Gasteiger partial charge is 0.458 e. The number of esters is 1. The first-order chi connectivity index (χ1) is 10.8. The van der Waals surface area contributed by atoms with Crippen LogP contribution in [0, 0.1) is 0 Å². The molecule has 0 aromatic rings. The summed E-state index contributed by atoms with van der Waals surface area (Å²) in [6, 6.07) is 0. The average Bonchev–Trinajstić information content (AvgIpc) is 2.36. The first kappa shape index (κ1) is 21.5. The topological polar surface area (TPSA) is 94.2 Å². The molecular formula is C16H26N2O6. The number of amides is 2. The highest BCUT2D eigenvalue weighted by Crippen LogP contribution is 2.11. The first-order valence-electron chi connectivity index (χ1n) is 7.32. The van der Waals surface area contributed by atoms with E-state index >= 15 is 0 Å². The van der Waals surface area contributed by atoms with Crippen LogP contribution in [0.25, 0.3) is 0 Å². The van der Waals surface area contributed by atoms with Crippen LogP contribution in [0.4, 0.5) is 9.59 Å². The lowest BCUT2D eigenvalue weighted by molar-refractivity contribution is -0.136. The third-order valence-corrected chi connectivity index (χ3v) is 1.90. The van der Waals surface area contributed by atoms with Crippen LogP contribution in [-0.2, 0) is 19.0 Å². The van der Waals surface area contributed by atoms with Gasteiger partial charge in [-0.05, 0) is 41.5 Å². The lowest BCUT2D eigenvalue weighted by Crippen LogP contribution is -2.46. The second-order valence-corrected chi connectivity index (χ2v) is 6.70. The second-order valence-electron chi connectivity index (χ2n) is 6.70. The Bertz CT molecular complexity index is 500. The average molecular weight is 342 g/mol. The van der Waals surface area contributed by atoms with Crippen molar-refractivity contribution in [2.45, 2.75) is 52.7 Å². The standard InChI is InChI=1S/C16H26N2O6/c1-8-11-22-12(19)9-10-18(14(21)24-16(5,6)7)17-13(20)23-15(2,3)4/h8-10H,1,11H2,2-7H3,(H,17,20)/b10-9+. The molecule has 0 saturated carbocycles. The van der Waals surface area contributed by atoms with E-state index in [-0.39, 0.29) is 6.61 Å². The molecule has 24 heavy (non-hydrogen) atoms. The van der Waals surface area contributed by atoms with Gasteiger partial charge < -0.3 is 14.2 Å². The quantitative estimate of drug-likeness (QED) is 0.277. The summed E-state index contributed by atoms with van der Waals surface area (Å²) in [7, 11) is 0. The Balaban J connectivity index is 5.05. The maximum absolute atomic E-state index is 12.1. The molecule has 0 heterocycles. The lowest BCUT2D eigenvalue weighted by Gasteiger charge is -2.26. The van der Waals surface area contributed by atoms with Crippen molar-refractivity contribution in [1.82, 2.24) is 10.4 Å². The molecule has 1 N–H and O–H groups in total. The van der Waals surface area contributed by atoms with Gasteiger partial charge in [-0.25, -0.2) is 19.8 Å². The molecule has 0 aromatic heterocycles. The predicted octanol–water partition coefficient (Wildman–Crippen LogP) is 2.91. The van der Waals surface area contributed by atoms with E-state index in [1.807, 2.05) is 0 Å². The van der Waals surface area contributed by atoms with Crippen molar-refractivity contribution in [1.29, 1.82) is 0 Å². The van der Waals surface area contributed by atoms with Crippen molar-refractivity contribution in [3.8, 4) is 0 Å². The van der Waals surface area contributed by atoms with E-state index < -0.39 is 29.4 Å². The van der Waals surface area contributed by atoms with E-state index in [0.717, 1.165) is 12.3 Å². The summed E-state index contributed by atoms with van der Waals surface area (Å²) in [5.41, 5.74) is 0.647. The third kappa shape index (κ3) is 11.1. The fraction of sp³-hybridized carbons (Fsp3) is 0.562. The Kier molecular flexibility index (Phi) is 8.01. The van der Waals surface area contributed by atoms with Gasteiger partial charge in [0.2, 0.25) is 0 Å². The molecule has 2 amide bonds. The number of hydrogen-bond acceptors (Lipinski definition) is 6. The number of carbonyl (C=O) groups is 3. The summed E-state index contributed by atoms with van der Waals surface area (Å²) >= 11 is 0. The zero-order valence-corrected chi connectivity index (χ0v) is 15.0. The minimum Gasteiger partial charge on any atom is -0.458 e. The zero-order valence-electron chi connectivity index (χ0n) is 15.0. The Labute approximate surface area is 142 Å². The number of rotatable bonds is 4. The van der Waals surface area contributed by atoms with Gasteiger partial charge in [0.05, 0.1) is 0 Å². The molecule has 0 aliphatic carbocycles. The molecule has 0 saturated heterocycles. The lowest BCUT2D eigenvalue weighted by atomic mass is 10.2. The molecule has 0 radical (unpaired) electrons. The minimum atomic E-state index is -0.888. The van der Waals surface area contributed by atoms with Crippen LogP contribution >= 0.6 is 0 Å². The molecule has 0 rings (SSSR count). The van der Waals surface area contributed by atoms with E-state index in [0.29, 0.717) is 5.01 Å². The molecule has 0 bridgehead atoms. The number of hydrazine groups is 1. The Hall–Kier alpha value is -2.51. The fourth-order valence-electron chi connectivity index (χ4n) is 1.18. The number of ether oxygens (including phenoxy) is 3. The highest BCUT2D eigenvalue weighted by atomic mass is 16.6. The maximum Gasteiger partial charge on any atom is 0.433 e. The Morgan fingerprint density at radius 2 is 1.58 bits per heavy atom. The van der Waals surface area contributed by atoms with E-state index in [9.17, 15) is 14.4 Å². The second kappa shape index (κ2) is 8.95. The first-order valence-corrected chi connectivity index (χ1v) is 7.32. The van der Waals surface area contributed by atoms with Crippen molar-refractivity contribution in [3.63, 3.8) is 0 Å². The maximum atomic E-state index is 12.1. The minimum absolute atomic E-state index is 0.0229. The molecule has 0 unspecified atom stereocenters. The van der Waals surface area contributed by atoms with Crippen molar-refractivity contribution < 1.29 is 28.6 Å². The summed E-state index contributed by atoms with van der Waals surface area (Å²) in [6.07, 6.45) is 1.61. The van der Waals surface area contributed by atoms with Crippen LogP contribution in [-0.4, -0.2) is 41.0 Å². The van der Waals surface area contributed by atoms with Gasteiger partial charge in [-0.3, -0.25) is 0 Å². The summed E-state index contributed by atoms with van der Waals surface area (Å²) in [6.45, 7) is 13.4. The van der Waals surface area contributed by atoms with Gasteiger partial charge in [0.25, 0.3) is 0 Å². The molecule has 8 nitrogen and oxygen atoms in total. The smallest absolute Gasteiger partial charge is 0.433 e. The monoisotopic (exact) mass is 342 g/mol. The van der Waals surface area contributed by atoms with Gasteiger partial charge in [0, 0.05) is 12.3 Å². The van der Waals surface area contributed by atoms with Gasteiger partial charge in [-0.1, -0.05) is 12.7 Å². The van der Waals surface area contributed by atoms with Gasteiger partial charge in [0.1, 0.15) is 17.8 Å². The summed E-state index contributed by atoms with van der Waals surface area (Å²) < 4.78 is 14.9. The molecule has 0 aliphatic rings. The highest BCUT2D eigenvalue weighted by molar-refractivity contribution is 5.83. The molecule has 0 fully saturated rings. The number of carbonyl (C=O) groups excluding carboxylic acids is 3. The van der Waals surface area contributed by atoms with Gasteiger partial charge in [0.15, 0.2) is 0 Å². The Morgan fingerprint density at radius 1 is 1.04 bits per heavy atom. The van der Waals surface area contributed by atoms with Gasteiger partial charge in [-0.2, -0.15) is 5.01 Å². The summed E-state index contributed by atoms with van der Waals surface area (Å²) in [4.78, 5) is 35.4. The molecule has 0 atom stereocenters. The van der Waals surface area contributed by atoms with Crippen LogP contribution in [0.15, 0.2) is 24.9 Å². The normalized spacial score (nSPS) is 11.6. The molecule has 0 aromatic carbocycles. The van der Waals surface area contributed by atoms with Crippen LogP contribution in [0.3, 0.4) is 0 Å². The molecular weight excluding hydrogens is 316 g/mol. The predicted molar refractivity (Wildman–Crippen MR) is 87.7 cm³/mol. The number of nitrogens with zero attached hydrogens (tertiary/aromatic N) is 1. The molecule has 0 aliphatic heterocycles. The SMILES string of the molecule is C=CCOC(=O)/C=C/N(NC(=O)OC(C)(C)C)C(=O)OC(C)(C)C. The zero-order chi connectivity index (χ0) is 19.0. The van der Waals surface area contributed by atoms with Crippen LogP contribution in [0.1, 0.15) is 41.5 Å². The third-order valence-electron chi connectivity index (χ3n) is 1.90. The van der Waals surface area contributed by atoms with E-state index in [2.05, 4.69) is 12.0 Å². The number of hydrogen-bond donors (Lipinski definition) is 1. The summed E-state index contributed by atoms with van der Waals surface area (Å²) in [5.74, 6) is -0.713. The van der Waals surface area contributed by atoms with Crippen LogP contribution < -0.4 is 5.43 Å². The van der Waals surface area contributed by atoms with Crippen molar-refractivity contribution in [3.05, 3.63) is 24.9 Å². The summed E-state index contributed by atoms with van der Waals surface area (Å²) in [5, 5.41) is 0.703. The van der Waals surface area contributed by atoms with Gasteiger partial charge in [-0.15, -0.1) is 0 Å². The van der Waals surface area contributed by atoms with E-state index in [1.54, 1.807) is 41.5 Å². The van der Waals surface area contributed by atoms with Crippen LogP contribution in [0.5, 0.6) is 0 Å². The Morgan fingerprint density at radius 3 is 2.04 bits per heavy atom. The van der Waals surface area contributed by atoms with E-state index in [1.165, 1.54) is 6.08 Å². The van der Waals surface area contributed by atoms with Gasteiger partial charge >= 0.3 is 18.2 Å².